The Kier molecular flexibility index (Phi) is 3.09. The summed E-state index contributed by atoms with van der Waals surface area (Å²) in [5.41, 5.74) is 2.40. The van der Waals surface area contributed by atoms with E-state index in [9.17, 15) is 4.79 Å². The number of rotatable bonds is 4. The summed E-state index contributed by atoms with van der Waals surface area (Å²) in [7, 11) is 0. The Hall–Kier alpha value is -2.30. The van der Waals surface area contributed by atoms with Crippen molar-refractivity contribution in [3.05, 3.63) is 41.8 Å². The topological polar surface area (TPSA) is 75.4 Å². The number of nitrogens with one attached hydrogen (secondary N) is 1. The first kappa shape index (κ1) is 11.2. The maximum atomic E-state index is 10.5. The lowest BCUT2D eigenvalue weighted by molar-refractivity contribution is -0.136. The van der Waals surface area contributed by atoms with Crippen LogP contribution in [-0.2, 0) is 11.2 Å². The van der Waals surface area contributed by atoms with Crippen LogP contribution in [0.5, 0.6) is 0 Å². The number of hydrogen-bond acceptors (Lipinski definition) is 4. The molecule has 0 aliphatic heterocycles. The van der Waals surface area contributed by atoms with Gasteiger partial charge in [-0.25, -0.2) is 0 Å². The number of nitrogens with zero attached hydrogens (tertiary/aromatic N) is 1. The van der Waals surface area contributed by atoms with Gasteiger partial charge in [0.1, 0.15) is 6.26 Å². The Morgan fingerprint density at radius 2 is 2.12 bits per heavy atom. The summed E-state index contributed by atoms with van der Waals surface area (Å²) in [5.74, 6) is -0.930. The summed E-state index contributed by atoms with van der Waals surface area (Å²) in [5, 5.41) is 11.5. The molecule has 1 aromatic carbocycles. The van der Waals surface area contributed by atoms with Crippen molar-refractivity contribution in [2.24, 2.45) is 0 Å². The Bertz CT molecular complexity index is 517. The molecule has 0 spiro atoms. The summed E-state index contributed by atoms with van der Waals surface area (Å²) in [4.78, 5) is 14.5. The minimum absolute atomic E-state index is 0.140. The van der Waals surface area contributed by atoms with Gasteiger partial charge in [0.15, 0.2) is 0 Å². The quantitative estimate of drug-likeness (QED) is 0.846. The number of anilines is 2. The summed E-state index contributed by atoms with van der Waals surface area (Å²) in [6, 6.07) is 8.02. The van der Waals surface area contributed by atoms with E-state index in [2.05, 4.69) is 10.3 Å². The third-order valence-electron chi connectivity index (χ3n) is 2.19. The largest absolute Gasteiger partial charge is 0.481 e. The first-order valence-corrected chi connectivity index (χ1v) is 5.13. The standard InChI is InChI=1S/C12H12N2O3/c1-8-2-4-9(5-3-8)13-12-14-10(7-17-12)6-11(15)16/h2-5,7H,6H2,1H3,(H,13,14)(H,15,16). The van der Waals surface area contributed by atoms with Gasteiger partial charge < -0.3 is 14.8 Å². The van der Waals surface area contributed by atoms with Gasteiger partial charge in [-0.05, 0) is 19.1 Å². The van der Waals surface area contributed by atoms with Crippen molar-refractivity contribution in [1.82, 2.24) is 4.98 Å². The van der Waals surface area contributed by atoms with E-state index in [1.54, 1.807) is 0 Å². The molecule has 0 unspecified atom stereocenters. The SMILES string of the molecule is Cc1ccc(Nc2nc(CC(=O)O)co2)cc1. The zero-order valence-corrected chi connectivity index (χ0v) is 9.30. The number of aromatic nitrogens is 1. The highest BCUT2D eigenvalue weighted by Gasteiger charge is 2.07. The van der Waals surface area contributed by atoms with Gasteiger partial charge >= 0.3 is 5.97 Å². The Labute approximate surface area is 98.1 Å². The average molecular weight is 232 g/mol. The lowest BCUT2D eigenvalue weighted by Crippen LogP contribution is -2.00. The van der Waals surface area contributed by atoms with Gasteiger partial charge in [0.2, 0.25) is 0 Å². The van der Waals surface area contributed by atoms with Gasteiger partial charge in [0.05, 0.1) is 12.1 Å². The van der Waals surface area contributed by atoms with E-state index in [4.69, 9.17) is 9.52 Å². The zero-order chi connectivity index (χ0) is 12.3. The van der Waals surface area contributed by atoms with Crippen LogP contribution in [0.15, 0.2) is 34.9 Å². The predicted octanol–water partition coefficient (Wildman–Crippen LogP) is 2.35. The monoisotopic (exact) mass is 232 g/mol. The fraction of sp³-hybridized carbons (Fsp3) is 0.167. The van der Waals surface area contributed by atoms with Crippen LogP contribution in [0.4, 0.5) is 11.7 Å². The number of aryl methyl sites for hydroxylation is 1. The van der Waals surface area contributed by atoms with Crippen LogP contribution in [0.2, 0.25) is 0 Å². The van der Waals surface area contributed by atoms with Crippen molar-refractivity contribution in [2.75, 3.05) is 5.32 Å². The fourth-order valence-electron chi connectivity index (χ4n) is 1.36. The fourth-order valence-corrected chi connectivity index (χ4v) is 1.36. The van der Waals surface area contributed by atoms with Crippen LogP contribution < -0.4 is 5.32 Å². The van der Waals surface area contributed by atoms with Crippen LogP contribution in [-0.4, -0.2) is 16.1 Å². The van der Waals surface area contributed by atoms with Crippen LogP contribution >= 0.6 is 0 Å². The van der Waals surface area contributed by atoms with Gasteiger partial charge in [0.25, 0.3) is 6.01 Å². The van der Waals surface area contributed by atoms with Crippen molar-refractivity contribution in [3.63, 3.8) is 0 Å². The molecule has 5 nitrogen and oxygen atoms in total. The van der Waals surface area contributed by atoms with Gasteiger partial charge in [-0.2, -0.15) is 4.98 Å². The molecule has 0 saturated carbocycles. The van der Waals surface area contributed by atoms with Crippen molar-refractivity contribution in [2.45, 2.75) is 13.3 Å². The van der Waals surface area contributed by atoms with Crippen LogP contribution in [0.25, 0.3) is 0 Å². The molecule has 88 valence electrons. The molecule has 2 N–H and O–H groups in total. The Balaban J connectivity index is 2.06. The highest BCUT2D eigenvalue weighted by molar-refractivity contribution is 5.69. The minimum Gasteiger partial charge on any atom is -0.481 e. The van der Waals surface area contributed by atoms with E-state index in [1.807, 2.05) is 31.2 Å². The van der Waals surface area contributed by atoms with Gasteiger partial charge in [-0.1, -0.05) is 17.7 Å². The van der Waals surface area contributed by atoms with Gasteiger partial charge in [-0.15, -0.1) is 0 Å². The minimum atomic E-state index is -0.930. The number of aliphatic carboxylic acids is 1. The van der Waals surface area contributed by atoms with E-state index in [-0.39, 0.29) is 6.42 Å². The third kappa shape index (κ3) is 3.07. The van der Waals surface area contributed by atoms with Crippen LogP contribution in [0.1, 0.15) is 11.3 Å². The van der Waals surface area contributed by atoms with Crippen molar-refractivity contribution in [1.29, 1.82) is 0 Å². The van der Waals surface area contributed by atoms with Gasteiger partial charge in [0, 0.05) is 5.69 Å². The number of carbonyl (C=O) groups is 1. The number of carboxylic acids is 1. The van der Waals surface area contributed by atoms with E-state index < -0.39 is 5.97 Å². The molecule has 0 aliphatic rings. The van der Waals surface area contributed by atoms with Crippen molar-refractivity contribution in [3.8, 4) is 0 Å². The maximum absolute atomic E-state index is 10.5. The number of oxazole rings is 1. The number of hydrogen-bond donors (Lipinski definition) is 2. The molecule has 0 saturated heterocycles. The summed E-state index contributed by atoms with van der Waals surface area (Å²) >= 11 is 0. The smallest absolute Gasteiger partial charge is 0.309 e. The van der Waals surface area contributed by atoms with E-state index in [0.717, 1.165) is 11.3 Å². The molecule has 2 aromatic rings. The third-order valence-corrected chi connectivity index (χ3v) is 2.19. The average Bonchev–Trinajstić information content (AvgIpc) is 2.68. The lowest BCUT2D eigenvalue weighted by atomic mass is 10.2. The molecule has 0 radical (unpaired) electrons. The molecule has 0 bridgehead atoms. The van der Waals surface area contributed by atoms with Gasteiger partial charge in [-0.3, -0.25) is 4.79 Å². The van der Waals surface area contributed by atoms with Crippen molar-refractivity contribution < 1.29 is 14.3 Å². The first-order valence-electron chi connectivity index (χ1n) is 5.13. The molecule has 0 atom stereocenters. The summed E-state index contributed by atoms with van der Waals surface area (Å²) in [6.07, 6.45) is 1.20. The highest BCUT2D eigenvalue weighted by atomic mass is 16.4. The molecule has 17 heavy (non-hydrogen) atoms. The van der Waals surface area contributed by atoms with E-state index >= 15 is 0 Å². The lowest BCUT2D eigenvalue weighted by Gasteiger charge is -2.01. The second kappa shape index (κ2) is 4.69. The summed E-state index contributed by atoms with van der Waals surface area (Å²) < 4.78 is 5.11. The first-order chi connectivity index (χ1) is 8.13. The second-order valence-electron chi connectivity index (χ2n) is 3.71. The molecule has 0 fully saturated rings. The Morgan fingerprint density at radius 3 is 2.76 bits per heavy atom. The molecule has 1 aromatic heterocycles. The highest BCUT2D eigenvalue weighted by Crippen LogP contribution is 2.16. The molecule has 5 heteroatoms. The maximum Gasteiger partial charge on any atom is 0.309 e. The van der Waals surface area contributed by atoms with Crippen LogP contribution in [0.3, 0.4) is 0 Å². The van der Waals surface area contributed by atoms with Crippen LogP contribution in [0, 0.1) is 6.92 Å². The second-order valence-corrected chi connectivity index (χ2v) is 3.71. The molecule has 2 rings (SSSR count). The van der Waals surface area contributed by atoms with E-state index in [0.29, 0.717) is 11.7 Å². The number of benzene rings is 1. The summed E-state index contributed by atoms with van der Waals surface area (Å²) in [6.45, 7) is 2.00. The molecule has 1 heterocycles. The molecule has 0 amide bonds. The normalized spacial score (nSPS) is 10.2. The molecule has 0 aliphatic carbocycles. The van der Waals surface area contributed by atoms with E-state index in [1.165, 1.54) is 6.26 Å². The van der Waals surface area contributed by atoms with Crippen molar-refractivity contribution >= 4 is 17.7 Å². The molecular formula is C12H12N2O3. The zero-order valence-electron chi connectivity index (χ0n) is 9.30. The number of carboxylic acid groups (broad SMARTS) is 1. The Morgan fingerprint density at radius 1 is 1.41 bits per heavy atom. The molecular weight excluding hydrogens is 220 g/mol. The predicted molar refractivity (Wildman–Crippen MR) is 62.3 cm³/mol.